The molecule has 0 saturated heterocycles. The average molecular weight is 575 g/mol. The van der Waals surface area contributed by atoms with Gasteiger partial charge >= 0.3 is 0 Å². The second-order valence-electron chi connectivity index (χ2n) is 13.2. The van der Waals surface area contributed by atoms with Crippen LogP contribution in [-0.4, -0.2) is 0 Å². The fourth-order valence-corrected chi connectivity index (χ4v) is 9.02. The summed E-state index contributed by atoms with van der Waals surface area (Å²) >= 11 is 0. The van der Waals surface area contributed by atoms with Gasteiger partial charge < -0.3 is 4.74 Å². The van der Waals surface area contributed by atoms with Gasteiger partial charge in [-0.3, -0.25) is 0 Å². The first-order valence-electron chi connectivity index (χ1n) is 15.9. The molecular formula is C44H30O. The van der Waals surface area contributed by atoms with E-state index in [1.807, 2.05) is 0 Å². The van der Waals surface area contributed by atoms with Crippen molar-refractivity contribution in [1.82, 2.24) is 0 Å². The third-order valence-electron chi connectivity index (χ3n) is 10.7. The molecular weight excluding hydrogens is 544 g/mol. The van der Waals surface area contributed by atoms with E-state index in [-0.39, 0.29) is 5.41 Å². The largest absolute Gasteiger partial charge is 0.457 e. The fourth-order valence-electron chi connectivity index (χ4n) is 9.02. The first-order chi connectivity index (χ1) is 22.1. The van der Waals surface area contributed by atoms with Crippen LogP contribution in [0, 0.1) is 0 Å². The Hall–Kier alpha value is -5.40. The van der Waals surface area contributed by atoms with Gasteiger partial charge in [-0.25, -0.2) is 0 Å². The van der Waals surface area contributed by atoms with E-state index in [0.29, 0.717) is 0 Å². The van der Waals surface area contributed by atoms with E-state index < -0.39 is 5.41 Å². The van der Waals surface area contributed by atoms with Gasteiger partial charge in [-0.05, 0) is 78.5 Å². The molecule has 1 heterocycles. The van der Waals surface area contributed by atoms with Gasteiger partial charge in [-0.2, -0.15) is 0 Å². The first kappa shape index (κ1) is 25.0. The van der Waals surface area contributed by atoms with Crippen LogP contribution in [0.5, 0.6) is 11.5 Å². The predicted octanol–water partition coefficient (Wildman–Crippen LogP) is 11.3. The van der Waals surface area contributed by atoms with Crippen molar-refractivity contribution in [3.8, 4) is 44.9 Å². The number of ether oxygens (including phenoxy) is 1. The minimum absolute atomic E-state index is 0.251. The Kier molecular flexibility index (Phi) is 4.78. The summed E-state index contributed by atoms with van der Waals surface area (Å²) in [4.78, 5) is 0. The normalized spacial score (nSPS) is 17.6. The molecule has 0 radical (unpaired) electrons. The lowest BCUT2D eigenvalue weighted by Gasteiger charge is -2.41. The summed E-state index contributed by atoms with van der Waals surface area (Å²) in [5.74, 6) is 1.88. The maximum Gasteiger partial charge on any atom is 0.132 e. The van der Waals surface area contributed by atoms with Gasteiger partial charge in [0.2, 0.25) is 0 Å². The van der Waals surface area contributed by atoms with Crippen LogP contribution in [0.15, 0.2) is 146 Å². The van der Waals surface area contributed by atoms with Crippen molar-refractivity contribution in [3.05, 3.63) is 179 Å². The fraction of sp³-hybridized carbons (Fsp3) is 0.0909. The van der Waals surface area contributed by atoms with Crippen molar-refractivity contribution in [1.29, 1.82) is 0 Å². The number of rotatable bonds is 1. The van der Waals surface area contributed by atoms with Crippen LogP contribution in [0.4, 0.5) is 0 Å². The van der Waals surface area contributed by atoms with Crippen molar-refractivity contribution in [2.45, 2.75) is 24.7 Å². The smallest absolute Gasteiger partial charge is 0.132 e. The second-order valence-corrected chi connectivity index (χ2v) is 13.2. The van der Waals surface area contributed by atoms with E-state index in [0.717, 1.165) is 11.5 Å². The van der Waals surface area contributed by atoms with Crippen LogP contribution in [-0.2, 0) is 10.8 Å². The molecule has 0 bridgehead atoms. The SMILES string of the molecule is CC1(C)c2ccccc2Oc2cccc(-c3cccc4c3C3(c5ccccc5-4)c4ccccc4-c4cccc5cccc3c45)c21. The lowest BCUT2D eigenvalue weighted by Crippen LogP contribution is -2.32. The third kappa shape index (κ3) is 2.99. The van der Waals surface area contributed by atoms with Crippen LogP contribution in [0.2, 0.25) is 0 Å². The summed E-state index contributed by atoms with van der Waals surface area (Å²) in [6.45, 7) is 4.69. The Balaban J connectivity index is 1.38. The van der Waals surface area contributed by atoms with Gasteiger partial charge in [0.1, 0.15) is 11.5 Å². The lowest BCUT2D eigenvalue weighted by molar-refractivity contribution is 0.419. The highest BCUT2D eigenvalue weighted by Crippen LogP contribution is 2.64. The number of benzene rings is 7. The van der Waals surface area contributed by atoms with E-state index in [1.165, 1.54) is 77.5 Å². The van der Waals surface area contributed by atoms with E-state index >= 15 is 0 Å². The van der Waals surface area contributed by atoms with E-state index in [4.69, 9.17) is 4.74 Å². The van der Waals surface area contributed by atoms with Crippen molar-refractivity contribution < 1.29 is 4.74 Å². The number of hydrogen-bond acceptors (Lipinski definition) is 1. The Morgan fingerprint density at radius 1 is 0.378 bits per heavy atom. The molecule has 45 heavy (non-hydrogen) atoms. The molecule has 0 fully saturated rings. The maximum atomic E-state index is 6.64. The summed E-state index contributed by atoms with van der Waals surface area (Å²) < 4.78 is 6.64. The highest BCUT2D eigenvalue weighted by molar-refractivity contribution is 6.08. The highest BCUT2D eigenvalue weighted by atomic mass is 16.5. The summed E-state index contributed by atoms with van der Waals surface area (Å²) in [6, 6.07) is 53.9. The van der Waals surface area contributed by atoms with Crippen LogP contribution >= 0.6 is 0 Å². The Labute approximate surface area is 263 Å². The second kappa shape index (κ2) is 8.61. The van der Waals surface area contributed by atoms with Crippen molar-refractivity contribution >= 4 is 10.8 Å². The van der Waals surface area contributed by atoms with E-state index in [9.17, 15) is 0 Å². The molecule has 1 atom stereocenters. The van der Waals surface area contributed by atoms with Crippen molar-refractivity contribution in [2.75, 3.05) is 0 Å². The van der Waals surface area contributed by atoms with E-state index in [2.05, 4.69) is 159 Å². The number of fused-ring (bicyclic) bond motifs is 11. The summed E-state index contributed by atoms with van der Waals surface area (Å²) in [6.07, 6.45) is 0. The molecule has 1 nitrogen and oxygen atoms in total. The molecule has 1 aliphatic heterocycles. The topological polar surface area (TPSA) is 9.23 Å². The molecule has 0 saturated carbocycles. The van der Waals surface area contributed by atoms with Gasteiger partial charge in [-0.15, -0.1) is 0 Å². The van der Waals surface area contributed by atoms with Crippen LogP contribution in [0.3, 0.4) is 0 Å². The van der Waals surface area contributed by atoms with Crippen molar-refractivity contribution in [2.24, 2.45) is 0 Å². The molecule has 7 aromatic carbocycles. The van der Waals surface area contributed by atoms with Gasteiger partial charge in [-0.1, -0.05) is 147 Å². The van der Waals surface area contributed by atoms with Gasteiger partial charge in [0, 0.05) is 16.5 Å². The van der Waals surface area contributed by atoms with Crippen LogP contribution in [0.1, 0.15) is 47.2 Å². The van der Waals surface area contributed by atoms with Crippen LogP contribution < -0.4 is 4.74 Å². The molecule has 0 N–H and O–H groups in total. The van der Waals surface area contributed by atoms with E-state index in [1.54, 1.807) is 0 Å². The monoisotopic (exact) mass is 574 g/mol. The molecule has 212 valence electrons. The zero-order valence-corrected chi connectivity index (χ0v) is 25.3. The number of hydrogen-bond donors (Lipinski definition) is 0. The molecule has 0 amide bonds. The molecule has 0 aromatic heterocycles. The quantitative estimate of drug-likeness (QED) is 0.189. The minimum atomic E-state index is -0.479. The van der Waals surface area contributed by atoms with Gasteiger partial charge in [0.15, 0.2) is 0 Å². The summed E-state index contributed by atoms with van der Waals surface area (Å²) in [7, 11) is 0. The molecule has 7 aromatic rings. The Morgan fingerprint density at radius 2 is 0.844 bits per heavy atom. The number of para-hydroxylation sites is 1. The standard InChI is InChI=1S/C44H30O/c1-43(2)36-23-7-8-25-38(36)45-39-26-12-20-33(42(39)43)32-19-11-18-31-29-16-4-6-22-35(29)44(41(31)32)34-21-5-3-15-28(34)30-17-9-13-27-14-10-24-37(44)40(27)30/h3-26H,1-2H3. The first-order valence-corrected chi connectivity index (χ1v) is 15.9. The highest BCUT2D eigenvalue weighted by Gasteiger charge is 2.51. The zero-order valence-electron chi connectivity index (χ0n) is 25.3. The summed E-state index contributed by atoms with van der Waals surface area (Å²) in [5, 5.41) is 2.63. The van der Waals surface area contributed by atoms with Gasteiger partial charge in [0.25, 0.3) is 0 Å². The Morgan fingerprint density at radius 3 is 1.60 bits per heavy atom. The molecule has 1 unspecified atom stereocenters. The lowest BCUT2D eigenvalue weighted by atomic mass is 9.60. The Bertz CT molecular complexity index is 2390. The molecule has 1 heteroatoms. The predicted molar refractivity (Wildman–Crippen MR) is 184 cm³/mol. The molecule has 2 aliphatic carbocycles. The van der Waals surface area contributed by atoms with Gasteiger partial charge in [0.05, 0.1) is 5.41 Å². The third-order valence-corrected chi connectivity index (χ3v) is 10.7. The zero-order chi connectivity index (χ0) is 29.9. The molecule has 10 rings (SSSR count). The minimum Gasteiger partial charge on any atom is -0.457 e. The summed E-state index contributed by atoms with van der Waals surface area (Å²) in [5.41, 5.74) is 14.9. The molecule has 3 aliphatic rings. The van der Waals surface area contributed by atoms with Crippen molar-refractivity contribution in [3.63, 3.8) is 0 Å². The maximum absolute atomic E-state index is 6.64. The molecule has 1 spiro atoms. The van der Waals surface area contributed by atoms with Crippen LogP contribution in [0.25, 0.3) is 44.2 Å². The average Bonchev–Trinajstić information content (AvgIpc) is 3.38.